The van der Waals surface area contributed by atoms with Crippen molar-refractivity contribution in [2.75, 3.05) is 16.4 Å². The molecular formula is C21H18ClN5O. The molecule has 0 saturated carbocycles. The summed E-state index contributed by atoms with van der Waals surface area (Å²) in [6.07, 6.45) is 3.12. The highest BCUT2D eigenvalue weighted by Crippen LogP contribution is 2.26. The lowest BCUT2D eigenvalue weighted by atomic mass is 10.2. The molecule has 0 unspecified atom stereocenters. The van der Waals surface area contributed by atoms with E-state index in [9.17, 15) is 4.79 Å². The second-order valence-electron chi connectivity index (χ2n) is 6.09. The third-order valence-corrected chi connectivity index (χ3v) is 4.37. The van der Waals surface area contributed by atoms with Gasteiger partial charge in [0.15, 0.2) is 0 Å². The molecule has 4 N–H and O–H groups in total. The van der Waals surface area contributed by atoms with Gasteiger partial charge in [0.05, 0.1) is 13.9 Å². The summed E-state index contributed by atoms with van der Waals surface area (Å²) in [7, 11) is 0. The summed E-state index contributed by atoms with van der Waals surface area (Å²) in [5.74, 6) is 0.245. The molecule has 0 radical (unpaired) electrons. The Balaban J connectivity index is 1.63. The number of carbonyl (C=O) groups is 1. The number of nitrogen functional groups attached to an aromatic ring is 1. The Morgan fingerprint density at radius 1 is 1.14 bits per heavy atom. The number of hydrogen-bond donors (Lipinski definition) is 3. The predicted molar refractivity (Wildman–Crippen MR) is 114 cm³/mol. The molecule has 0 spiro atoms. The number of nitrogens with zero attached hydrogens (tertiary/aromatic N) is 2. The van der Waals surface area contributed by atoms with E-state index >= 15 is 0 Å². The molecule has 0 bridgehead atoms. The lowest BCUT2D eigenvalue weighted by Crippen LogP contribution is -2.19. The van der Waals surface area contributed by atoms with E-state index < -0.39 is 12.5 Å². The fourth-order valence-electron chi connectivity index (χ4n) is 2.85. The molecule has 0 fully saturated rings. The second kappa shape index (κ2) is 7.62. The van der Waals surface area contributed by atoms with Crippen LogP contribution in [0.4, 0.5) is 22.0 Å². The number of halogens is 1. The van der Waals surface area contributed by atoms with Crippen molar-refractivity contribution in [1.82, 2.24) is 9.55 Å². The largest absolute Gasteiger partial charge is 0.384 e. The lowest BCUT2D eigenvalue weighted by Gasteiger charge is -2.10. The highest BCUT2D eigenvalue weighted by Gasteiger charge is 2.09. The normalized spacial score (nSPS) is 12.3. The number of carbonyl (C=O) groups excluding carboxylic acids is 1. The average molecular weight is 394 g/mol. The van der Waals surface area contributed by atoms with Crippen LogP contribution in [0.25, 0.3) is 10.9 Å². The number of rotatable bonds is 4. The van der Waals surface area contributed by atoms with Gasteiger partial charge in [-0.25, -0.2) is 9.78 Å². The molecule has 4 aromatic rings. The van der Waals surface area contributed by atoms with Crippen LogP contribution in [0.2, 0.25) is 5.02 Å². The SMILES string of the molecule is [2H]C([2H])(c1ccnc(N)c1)n1ccc2c(NC(=O)Nc3ccc(Cl)cc3)cccc21. The van der Waals surface area contributed by atoms with Crippen molar-refractivity contribution in [2.45, 2.75) is 6.50 Å². The molecule has 2 aromatic carbocycles. The molecule has 6 nitrogen and oxygen atoms in total. The molecule has 0 aliphatic carbocycles. The van der Waals surface area contributed by atoms with Crippen molar-refractivity contribution >= 4 is 45.7 Å². The van der Waals surface area contributed by atoms with Crippen LogP contribution in [0.15, 0.2) is 73.1 Å². The van der Waals surface area contributed by atoms with Crippen LogP contribution in [0, 0.1) is 0 Å². The summed E-state index contributed by atoms with van der Waals surface area (Å²) in [6.45, 7) is -1.86. The van der Waals surface area contributed by atoms with Gasteiger partial charge in [-0.1, -0.05) is 17.7 Å². The number of nitrogens with one attached hydrogen (secondary N) is 2. The number of urea groups is 1. The lowest BCUT2D eigenvalue weighted by molar-refractivity contribution is 0.262. The number of hydrogen-bond acceptors (Lipinski definition) is 3. The van der Waals surface area contributed by atoms with E-state index in [2.05, 4.69) is 15.6 Å². The number of pyridine rings is 1. The van der Waals surface area contributed by atoms with E-state index in [0.29, 0.717) is 32.9 Å². The topological polar surface area (TPSA) is 85.0 Å². The average Bonchev–Trinajstić information content (AvgIpc) is 3.16. The van der Waals surface area contributed by atoms with Gasteiger partial charge in [0.25, 0.3) is 0 Å². The number of aromatic nitrogens is 2. The van der Waals surface area contributed by atoms with Gasteiger partial charge in [-0.2, -0.15) is 0 Å². The van der Waals surface area contributed by atoms with Crippen LogP contribution in [-0.4, -0.2) is 15.6 Å². The van der Waals surface area contributed by atoms with Crippen molar-refractivity contribution in [1.29, 1.82) is 0 Å². The minimum absolute atomic E-state index is 0.245. The van der Waals surface area contributed by atoms with Crippen LogP contribution in [0.1, 0.15) is 8.30 Å². The molecule has 2 aromatic heterocycles. The maximum Gasteiger partial charge on any atom is 0.323 e. The van der Waals surface area contributed by atoms with E-state index in [1.807, 2.05) is 0 Å². The van der Waals surface area contributed by atoms with Crippen LogP contribution in [0.3, 0.4) is 0 Å². The first kappa shape index (κ1) is 15.5. The van der Waals surface area contributed by atoms with Crippen LogP contribution in [-0.2, 0) is 6.50 Å². The Labute approximate surface area is 169 Å². The quantitative estimate of drug-likeness (QED) is 0.458. The first-order valence-corrected chi connectivity index (χ1v) is 8.88. The Bertz CT molecular complexity index is 1220. The van der Waals surface area contributed by atoms with E-state index in [4.69, 9.17) is 20.1 Å². The zero-order valence-electron chi connectivity index (χ0n) is 16.7. The molecule has 28 heavy (non-hydrogen) atoms. The van der Waals surface area contributed by atoms with Gasteiger partial charge in [-0.3, -0.25) is 0 Å². The smallest absolute Gasteiger partial charge is 0.323 e. The van der Waals surface area contributed by atoms with Crippen molar-refractivity contribution < 1.29 is 7.54 Å². The fraction of sp³-hybridized carbons (Fsp3) is 0.0476. The highest BCUT2D eigenvalue weighted by molar-refractivity contribution is 6.30. The summed E-state index contributed by atoms with van der Waals surface area (Å²) >= 11 is 5.86. The first-order chi connectivity index (χ1) is 14.3. The van der Waals surface area contributed by atoms with Gasteiger partial charge in [0.2, 0.25) is 0 Å². The maximum atomic E-state index is 12.4. The van der Waals surface area contributed by atoms with E-state index in [-0.39, 0.29) is 5.82 Å². The maximum absolute atomic E-state index is 12.4. The summed E-state index contributed by atoms with van der Waals surface area (Å²) < 4.78 is 18.7. The van der Waals surface area contributed by atoms with Crippen molar-refractivity contribution in [3.8, 4) is 0 Å². The van der Waals surface area contributed by atoms with E-state index in [1.54, 1.807) is 60.8 Å². The van der Waals surface area contributed by atoms with Gasteiger partial charge in [0.1, 0.15) is 5.82 Å². The zero-order valence-corrected chi connectivity index (χ0v) is 15.4. The summed E-state index contributed by atoms with van der Waals surface area (Å²) in [6, 6.07) is 16.5. The molecule has 0 aliphatic rings. The van der Waals surface area contributed by atoms with Gasteiger partial charge in [-0.05, 0) is 60.2 Å². The minimum Gasteiger partial charge on any atom is -0.384 e. The Kier molecular flexibility index (Phi) is 4.23. The first-order valence-electron chi connectivity index (χ1n) is 9.51. The minimum atomic E-state index is -1.86. The van der Waals surface area contributed by atoms with Crippen LogP contribution >= 0.6 is 11.6 Å². The predicted octanol–water partition coefficient (Wildman–Crippen LogP) is 4.96. The van der Waals surface area contributed by atoms with E-state index in [1.165, 1.54) is 16.8 Å². The zero-order chi connectivity index (χ0) is 21.3. The molecular weight excluding hydrogens is 374 g/mol. The molecule has 2 heterocycles. The van der Waals surface area contributed by atoms with Gasteiger partial charge >= 0.3 is 6.03 Å². The van der Waals surface area contributed by atoms with Gasteiger partial charge < -0.3 is 20.9 Å². The van der Waals surface area contributed by atoms with Gasteiger partial charge in [0, 0.05) is 35.0 Å². The molecule has 4 rings (SSSR count). The second-order valence-corrected chi connectivity index (χ2v) is 6.53. The van der Waals surface area contributed by atoms with Crippen LogP contribution in [0.5, 0.6) is 0 Å². The third-order valence-electron chi connectivity index (χ3n) is 4.11. The van der Waals surface area contributed by atoms with Crippen molar-refractivity contribution in [3.05, 3.63) is 83.6 Å². The standard InChI is InChI=1S/C21H18ClN5O/c22-15-4-6-16(7-5-15)25-21(28)26-18-2-1-3-19-17(18)9-11-27(19)13-14-8-10-24-20(23)12-14/h1-12H,13H2,(H2,23,24)(H2,25,26,28)/i13D2. The summed E-state index contributed by atoms with van der Waals surface area (Å²) in [5, 5.41) is 6.84. The molecule has 140 valence electrons. The van der Waals surface area contributed by atoms with Crippen molar-refractivity contribution in [3.63, 3.8) is 0 Å². The number of benzene rings is 2. The third kappa shape index (κ3) is 3.92. The molecule has 7 heteroatoms. The molecule has 2 amide bonds. The number of anilines is 3. The summed E-state index contributed by atoms with van der Waals surface area (Å²) in [4.78, 5) is 16.3. The Morgan fingerprint density at radius 3 is 2.75 bits per heavy atom. The van der Waals surface area contributed by atoms with Crippen molar-refractivity contribution in [2.24, 2.45) is 0 Å². The Morgan fingerprint density at radius 2 is 1.96 bits per heavy atom. The van der Waals surface area contributed by atoms with Crippen LogP contribution < -0.4 is 16.4 Å². The summed E-state index contributed by atoms with van der Waals surface area (Å²) in [5.41, 5.74) is 7.89. The fourth-order valence-corrected chi connectivity index (χ4v) is 2.97. The molecule has 0 atom stereocenters. The number of nitrogens with two attached hydrogens (primary N) is 1. The Hall–Kier alpha value is -3.51. The highest BCUT2D eigenvalue weighted by atomic mass is 35.5. The number of fused-ring (bicyclic) bond motifs is 1. The molecule has 0 aliphatic heterocycles. The van der Waals surface area contributed by atoms with Gasteiger partial charge in [-0.15, -0.1) is 0 Å². The monoisotopic (exact) mass is 393 g/mol. The molecule has 0 saturated heterocycles. The van der Waals surface area contributed by atoms with E-state index in [0.717, 1.165) is 0 Å². The number of amides is 2.